The first kappa shape index (κ1) is 13.8. The molecule has 0 aromatic carbocycles. The molecule has 0 saturated carbocycles. The first-order valence-electron chi connectivity index (χ1n) is 5.38. The quantitative estimate of drug-likeness (QED) is 0.465. The first-order valence-corrected chi connectivity index (χ1v) is 8.79. The second kappa shape index (κ2) is 7.18. The highest BCUT2D eigenvalue weighted by Crippen LogP contribution is 2.14. The second-order valence-electron chi connectivity index (χ2n) is 4.50. The average Bonchev–Trinajstić information content (AvgIpc) is 2.02. The van der Waals surface area contributed by atoms with Gasteiger partial charge >= 0.3 is 0 Å². The Bertz CT molecular complexity index is 163. The number of halogens is 1. The van der Waals surface area contributed by atoms with E-state index < -0.39 is 8.32 Å². The van der Waals surface area contributed by atoms with Crippen LogP contribution in [0.25, 0.3) is 0 Å². The lowest BCUT2D eigenvalue weighted by atomic mass is 10.1. The monoisotopic (exact) mass is 218 g/mol. The molecule has 0 heterocycles. The van der Waals surface area contributed by atoms with Crippen molar-refractivity contribution in [1.29, 1.82) is 0 Å². The molecule has 0 aliphatic carbocycles. The van der Waals surface area contributed by atoms with E-state index >= 15 is 0 Å². The van der Waals surface area contributed by atoms with Crippen molar-refractivity contribution in [2.75, 3.05) is 6.67 Å². The molecule has 0 aliphatic heterocycles. The Morgan fingerprint density at radius 3 is 2.36 bits per heavy atom. The number of rotatable bonds is 7. The first-order chi connectivity index (χ1) is 6.49. The fourth-order valence-corrected chi connectivity index (χ4v) is 2.57. The van der Waals surface area contributed by atoms with Crippen LogP contribution in [0.3, 0.4) is 0 Å². The van der Waals surface area contributed by atoms with Gasteiger partial charge in [-0.2, -0.15) is 0 Å². The predicted molar refractivity (Wildman–Crippen MR) is 62.9 cm³/mol. The Labute approximate surface area is 88.5 Å². The van der Waals surface area contributed by atoms with Gasteiger partial charge in [-0.25, -0.2) is 4.39 Å². The summed E-state index contributed by atoms with van der Waals surface area (Å²) < 4.78 is 17.8. The van der Waals surface area contributed by atoms with E-state index in [0.29, 0.717) is 0 Å². The van der Waals surface area contributed by atoms with Crippen LogP contribution >= 0.6 is 0 Å². The van der Waals surface area contributed by atoms with Gasteiger partial charge in [-0.3, -0.25) is 0 Å². The van der Waals surface area contributed by atoms with E-state index in [9.17, 15) is 4.39 Å². The molecule has 14 heavy (non-hydrogen) atoms. The molecule has 84 valence electrons. The molecular weight excluding hydrogens is 195 g/mol. The van der Waals surface area contributed by atoms with Crippen LogP contribution < -0.4 is 0 Å². The molecule has 0 rings (SSSR count). The van der Waals surface area contributed by atoms with Gasteiger partial charge < -0.3 is 4.43 Å². The Morgan fingerprint density at radius 2 is 1.93 bits per heavy atom. The number of hydrogen-bond acceptors (Lipinski definition) is 1. The molecule has 0 N–H and O–H groups in total. The summed E-state index contributed by atoms with van der Waals surface area (Å²) in [6, 6.07) is 0. The van der Waals surface area contributed by atoms with Crippen LogP contribution in [0.5, 0.6) is 0 Å². The smallest absolute Gasteiger partial charge is 0.184 e. The van der Waals surface area contributed by atoms with Crippen molar-refractivity contribution in [3.8, 4) is 0 Å². The van der Waals surface area contributed by atoms with Crippen molar-refractivity contribution >= 4 is 8.32 Å². The fourth-order valence-electron chi connectivity index (χ4n) is 1.36. The minimum Gasteiger partial charge on any atom is -0.414 e. The third-order valence-corrected chi connectivity index (χ3v) is 2.83. The summed E-state index contributed by atoms with van der Waals surface area (Å²) in [5.41, 5.74) is 0. The molecule has 1 unspecified atom stereocenters. The van der Waals surface area contributed by atoms with E-state index in [1.54, 1.807) is 6.08 Å². The molecule has 3 heteroatoms. The van der Waals surface area contributed by atoms with Crippen LogP contribution in [0.4, 0.5) is 4.39 Å². The van der Waals surface area contributed by atoms with Crippen molar-refractivity contribution in [3.63, 3.8) is 0 Å². The molecule has 0 aromatic heterocycles. The third kappa shape index (κ3) is 8.45. The van der Waals surface area contributed by atoms with Gasteiger partial charge in [-0.15, -0.1) is 0 Å². The van der Waals surface area contributed by atoms with Crippen molar-refractivity contribution in [1.82, 2.24) is 0 Å². The predicted octanol–water partition coefficient (Wildman–Crippen LogP) is 3.92. The lowest BCUT2D eigenvalue weighted by Crippen LogP contribution is -2.31. The summed E-state index contributed by atoms with van der Waals surface area (Å²) in [4.78, 5) is 0. The standard InChI is InChI=1S/C11H23FOSi/c1-5-8-11(9-6-7-10-12)13-14(2,3)4/h6-7,11H,5,8-10H2,1-4H3. The molecule has 0 spiro atoms. The largest absolute Gasteiger partial charge is 0.414 e. The zero-order chi connectivity index (χ0) is 11.0. The third-order valence-electron chi connectivity index (χ3n) is 1.79. The highest BCUT2D eigenvalue weighted by molar-refractivity contribution is 6.69. The molecule has 0 aliphatic rings. The maximum absolute atomic E-state index is 11.8. The average molecular weight is 218 g/mol. The number of hydrogen-bond donors (Lipinski definition) is 0. The van der Waals surface area contributed by atoms with Crippen molar-refractivity contribution < 1.29 is 8.82 Å². The molecule has 0 aromatic rings. The van der Waals surface area contributed by atoms with Gasteiger partial charge in [0.05, 0.1) is 0 Å². The van der Waals surface area contributed by atoms with Crippen LogP contribution in [0.1, 0.15) is 26.2 Å². The Kier molecular flexibility index (Phi) is 7.10. The minimum atomic E-state index is -1.45. The Balaban J connectivity index is 3.95. The van der Waals surface area contributed by atoms with Crippen molar-refractivity contribution in [3.05, 3.63) is 12.2 Å². The van der Waals surface area contributed by atoms with Crippen LogP contribution in [-0.4, -0.2) is 21.1 Å². The fraction of sp³-hybridized carbons (Fsp3) is 0.818. The Hall–Kier alpha value is -0.153. The van der Waals surface area contributed by atoms with Crippen LogP contribution in [-0.2, 0) is 4.43 Å². The number of allylic oxidation sites excluding steroid dienone is 1. The van der Waals surface area contributed by atoms with Gasteiger partial charge in [0, 0.05) is 6.10 Å². The van der Waals surface area contributed by atoms with E-state index in [2.05, 4.69) is 26.6 Å². The molecule has 0 saturated heterocycles. The summed E-state index contributed by atoms with van der Waals surface area (Å²) in [7, 11) is -1.45. The van der Waals surface area contributed by atoms with Gasteiger partial charge in [0.15, 0.2) is 8.32 Å². The highest BCUT2D eigenvalue weighted by Gasteiger charge is 2.19. The maximum Gasteiger partial charge on any atom is 0.184 e. The number of alkyl halides is 1. The molecular formula is C11H23FOSi. The second-order valence-corrected chi connectivity index (χ2v) is 8.96. The SMILES string of the molecule is CCCC(CC=CCF)O[Si](C)(C)C. The van der Waals surface area contributed by atoms with E-state index in [1.165, 1.54) is 0 Å². The summed E-state index contributed by atoms with van der Waals surface area (Å²) in [5.74, 6) is 0. The van der Waals surface area contributed by atoms with E-state index in [4.69, 9.17) is 4.43 Å². The van der Waals surface area contributed by atoms with Gasteiger partial charge in [-0.1, -0.05) is 25.5 Å². The van der Waals surface area contributed by atoms with Crippen molar-refractivity contribution in [2.45, 2.75) is 51.9 Å². The molecule has 1 atom stereocenters. The topological polar surface area (TPSA) is 9.23 Å². The van der Waals surface area contributed by atoms with E-state index in [0.717, 1.165) is 19.3 Å². The Morgan fingerprint density at radius 1 is 1.29 bits per heavy atom. The zero-order valence-corrected chi connectivity index (χ0v) is 10.8. The van der Waals surface area contributed by atoms with E-state index in [1.807, 2.05) is 6.08 Å². The molecule has 0 bridgehead atoms. The maximum atomic E-state index is 11.8. The van der Waals surface area contributed by atoms with Gasteiger partial charge in [0.1, 0.15) is 6.67 Å². The minimum absolute atomic E-state index is 0.287. The highest BCUT2D eigenvalue weighted by atomic mass is 28.4. The summed E-state index contributed by atoms with van der Waals surface area (Å²) in [5, 5.41) is 0. The van der Waals surface area contributed by atoms with Crippen molar-refractivity contribution in [2.24, 2.45) is 0 Å². The normalized spacial score (nSPS) is 14.9. The molecule has 1 nitrogen and oxygen atoms in total. The van der Waals surface area contributed by atoms with E-state index in [-0.39, 0.29) is 12.8 Å². The van der Waals surface area contributed by atoms with Crippen LogP contribution in [0, 0.1) is 0 Å². The summed E-state index contributed by atoms with van der Waals surface area (Å²) >= 11 is 0. The lowest BCUT2D eigenvalue weighted by Gasteiger charge is -2.25. The molecule has 0 radical (unpaired) electrons. The van der Waals surface area contributed by atoms with Crippen LogP contribution in [0.15, 0.2) is 12.2 Å². The van der Waals surface area contributed by atoms with Gasteiger partial charge in [0.25, 0.3) is 0 Å². The van der Waals surface area contributed by atoms with Gasteiger partial charge in [0.2, 0.25) is 0 Å². The lowest BCUT2D eigenvalue weighted by molar-refractivity contribution is 0.185. The van der Waals surface area contributed by atoms with Crippen LogP contribution in [0.2, 0.25) is 19.6 Å². The molecule has 0 fully saturated rings. The summed E-state index contributed by atoms with van der Waals surface area (Å²) in [6.45, 7) is 8.35. The zero-order valence-electron chi connectivity index (χ0n) is 9.85. The summed E-state index contributed by atoms with van der Waals surface area (Å²) in [6.07, 6.45) is 6.78. The van der Waals surface area contributed by atoms with Gasteiger partial charge in [-0.05, 0) is 32.5 Å². The molecule has 0 amide bonds.